The van der Waals surface area contributed by atoms with Crippen LogP contribution in [0.5, 0.6) is 0 Å². The van der Waals surface area contributed by atoms with Crippen molar-refractivity contribution in [3.05, 3.63) is 21.9 Å². The topological polar surface area (TPSA) is 15.3 Å². The van der Waals surface area contributed by atoms with Crippen LogP contribution in [0.1, 0.15) is 23.4 Å². The van der Waals surface area contributed by atoms with Gasteiger partial charge >= 0.3 is 0 Å². The Morgan fingerprint density at radius 2 is 2.50 bits per heavy atom. The molecular formula is C11H18N2S. The molecule has 1 aliphatic heterocycles. The number of hydrogen-bond donors (Lipinski definition) is 1. The lowest BCUT2D eigenvalue weighted by Crippen LogP contribution is -2.43. The average Bonchev–Trinajstić information content (AvgIpc) is 2.66. The van der Waals surface area contributed by atoms with Gasteiger partial charge in [-0.1, -0.05) is 6.92 Å². The van der Waals surface area contributed by atoms with Crippen molar-refractivity contribution in [2.75, 3.05) is 26.7 Å². The van der Waals surface area contributed by atoms with E-state index in [0.717, 1.165) is 26.1 Å². The molecule has 14 heavy (non-hydrogen) atoms. The monoisotopic (exact) mass is 210 g/mol. The van der Waals surface area contributed by atoms with Gasteiger partial charge in [-0.15, -0.1) is 11.3 Å². The van der Waals surface area contributed by atoms with Crippen molar-refractivity contribution in [1.29, 1.82) is 0 Å². The molecular weight excluding hydrogens is 192 g/mol. The quantitative estimate of drug-likeness (QED) is 0.802. The summed E-state index contributed by atoms with van der Waals surface area (Å²) in [5, 5.41) is 5.69. The summed E-state index contributed by atoms with van der Waals surface area (Å²) in [6.07, 6.45) is 1.16. The van der Waals surface area contributed by atoms with E-state index in [2.05, 4.69) is 35.6 Å². The number of piperazine rings is 1. The van der Waals surface area contributed by atoms with Gasteiger partial charge in [0.25, 0.3) is 0 Å². The minimum absolute atomic E-state index is 0.596. The SMILES string of the molecule is CCc1ccsc1C1CNCCN1C. The molecule has 1 N–H and O–H groups in total. The van der Waals surface area contributed by atoms with E-state index in [1.165, 1.54) is 5.56 Å². The van der Waals surface area contributed by atoms with Gasteiger partial charge < -0.3 is 5.32 Å². The second kappa shape index (κ2) is 4.43. The van der Waals surface area contributed by atoms with E-state index in [-0.39, 0.29) is 0 Å². The molecule has 78 valence electrons. The molecule has 0 saturated carbocycles. The van der Waals surface area contributed by atoms with Crippen LogP contribution < -0.4 is 5.32 Å². The first-order valence-corrected chi connectivity index (χ1v) is 6.18. The first-order chi connectivity index (χ1) is 6.83. The molecule has 1 saturated heterocycles. The van der Waals surface area contributed by atoms with Gasteiger partial charge in [-0.05, 0) is 30.5 Å². The summed E-state index contributed by atoms with van der Waals surface area (Å²) in [5.74, 6) is 0. The summed E-state index contributed by atoms with van der Waals surface area (Å²) >= 11 is 1.90. The molecule has 0 spiro atoms. The Labute approximate surface area is 89.9 Å². The van der Waals surface area contributed by atoms with Crippen molar-refractivity contribution >= 4 is 11.3 Å². The largest absolute Gasteiger partial charge is 0.314 e. The molecule has 0 bridgehead atoms. The first-order valence-electron chi connectivity index (χ1n) is 5.30. The zero-order valence-electron chi connectivity index (χ0n) is 8.92. The third-order valence-corrected chi connectivity index (χ3v) is 4.04. The van der Waals surface area contributed by atoms with Crippen molar-refractivity contribution < 1.29 is 0 Å². The zero-order chi connectivity index (χ0) is 9.97. The van der Waals surface area contributed by atoms with E-state index in [0.29, 0.717) is 6.04 Å². The Hall–Kier alpha value is -0.380. The number of nitrogens with one attached hydrogen (secondary N) is 1. The number of hydrogen-bond acceptors (Lipinski definition) is 3. The lowest BCUT2D eigenvalue weighted by molar-refractivity contribution is 0.204. The predicted octanol–water partition coefficient (Wildman–Crippen LogP) is 1.89. The Morgan fingerprint density at radius 3 is 3.21 bits per heavy atom. The number of likely N-dealkylation sites (N-methyl/N-ethyl adjacent to an activating group) is 1. The Balaban J connectivity index is 2.20. The van der Waals surface area contributed by atoms with Gasteiger partial charge in [0.05, 0.1) is 6.04 Å². The smallest absolute Gasteiger partial charge is 0.0567 e. The van der Waals surface area contributed by atoms with Gasteiger partial charge in [-0.25, -0.2) is 0 Å². The Bertz CT molecular complexity index is 295. The van der Waals surface area contributed by atoms with Crippen LogP contribution in [0.25, 0.3) is 0 Å². The van der Waals surface area contributed by atoms with E-state index < -0.39 is 0 Å². The maximum atomic E-state index is 3.47. The van der Waals surface area contributed by atoms with Crippen LogP contribution in [0.3, 0.4) is 0 Å². The minimum Gasteiger partial charge on any atom is -0.314 e. The Kier molecular flexibility index (Phi) is 3.21. The number of rotatable bonds is 2. The third-order valence-electron chi connectivity index (χ3n) is 2.98. The Morgan fingerprint density at radius 1 is 1.64 bits per heavy atom. The van der Waals surface area contributed by atoms with Crippen molar-refractivity contribution in [3.63, 3.8) is 0 Å². The van der Waals surface area contributed by atoms with Crippen LogP contribution >= 0.6 is 11.3 Å². The second-order valence-corrected chi connectivity index (χ2v) is 4.81. The van der Waals surface area contributed by atoms with E-state index in [9.17, 15) is 0 Å². The number of thiophene rings is 1. The molecule has 2 rings (SSSR count). The van der Waals surface area contributed by atoms with Gasteiger partial charge in [0.15, 0.2) is 0 Å². The first kappa shape index (κ1) is 10.1. The van der Waals surface area contributed by atoms with Crippen molar-refractivity contribution in [2.24, 2.45) is 0 Å². The predicted molar refractivity (Wildman–Crippen MR) is 61.9 cm³/mol. The standard InChI is InChI=1S/C11H18N2S/c1-3-9-4-7-14-11(9)10-8-12-5-6-13(10)2/h4,7,10,12H,3,5-6,8H2,1-2H3. The lowest BCUT2D eigenvalue weighted by atomic mass is 10.1. The summed E-state index contributed by atoms with van der Waals surface area (Å²) < 4.78 is 0. The van der Waals surface area contributed by atoms with Crippen LogP contribution in [0.2, 0.25) is 0 Å². The highest BCUT2D eigenvalue weighted by atomic mass is 32.1. The maximum Gasteiger partial charge on any atom is 0.0567 e. The summed E-state index contributed by atoms with van der Waals surface area (Å²) in [5.41, 5.74) is 1.52. The highest BCUT2D eigenvalue weighted by Crippen LogP contribution is 2.29. The van der Waals surface area contributed by atoms with E-state index >= 15 is 0 Å². The van der Waals surface area contributed by atoms with Crippen LogP contribution in [0.15, 0.2) is 11.4 Å². The van der Waals surface area contributed by atoms with Crippen LogP contribution in [-0.4, -0.2) is 31.6 Å². The summed E-state index contributed by atoms with van der Waals surface area (Å²) in [6, 6.07) is 2.86. The number of nitrogens with zero attached hydrogens (tertiary/aromatic N) is 1. The van der Waals surface area contributed by atoms with E-state index in [4.69, 9.17) is 0 Å². The van der Waals surface area contributed by atoms with Gasteiger partial charge in [-0.3, -0.25) is 4.90 Å². The fourth-order valence-electron chi connectivity index (χ4n) is 2.03. The van der Waals surface area contributed by atoms with Crippen molar-refractivity contribution in [1.82, 2.24) is 10.2 Å². The molecule has 2 nitrogen and oxygen atoms in total. The van der Waals surface area contributed by atoms with Crippen molar-refractivity contribution in [3.8, 4) is 0 Å². The zero-order valence-corrected chi connectivity index (χ0v) is 9.73. The number of aryl methyl sites for hydroxylation is 1. The van der Waals surface area contributed by atoms with Crippen molar-refractivity contribution in [2.45, 2.75) is 19.4 Å². The van der Waals surface area contributed by atoms with Gasteiger partial charge in [0.2, 0.25) is 0 Å². The molecule has 1 aromatic rings. The molecule has 1 aromatic heterocycles. The molecule has 0 aromatic carbocycles. The summed E-state index contributed by atoms with van der Waals surface area (Å²) in [6.45, 7) is 5.62. The normalized spacial score (nSPS) is 24.0. The lowest BCUT2D eigenvalue weighted by Gasteiger charge is -2.33. The molecule has 0 aliphatic carbocycles. The average molecular weight is 210 g/mol. The molecule has 1 unspecified atom stereocenters. The molecule has 0 amide bonds. The van der Waals surface area contributed by atoms with Gasteiger partial charge in [0.1, 0.15) is 0 Å². The van der Waals surface area contributed by atoms with Gasteiger partial charge in [-0.2, -0.15) is 0 Å². The molecule has 2 heterocycles. The van der Waals surface area contributed by atoms with Crippen LogP contribution in [0.4, 0.5) is 0 Å². The summed E-state index contributed by atoms with van der Waals surface area (Å²) in [4.78, 5) is 4.02. The highest BCUT2D eigenvalue weighted by Gasteiger charge is 2.22. The molecule has 3 heteroatoms. The van der Waals surface area contributed by atoms with Crippen LogP contribution in [0, 0.1) is 0 Å². The molecule has 1 aliphatic rings. The summed E-state index contributed by atoms with van der Waals surface area (Å²) in [7, 11) is 2.23. The molecule has 1 atom stereocenters. The highest BCUT2D eigenvalue weighted by molar-refractivity contribution is 7.10. The minimum atomic E-state index is 0.596. The molecule has 0 radical (unpaired) electrons. The second-order valence-electron chi connectivity index (χ2n) is 3.86. The third kappa shape index (κ3) is 1.85. The fraction of sp³-hybridized carbons (Fsp3) is 0.636. The van der Waals surface area contributed by atoms with Gasteiger partial charge in [0, 0.05) is 24.5 Å². The van der Waals surface area contributed by atoms with E-state index in [1.54, 1.807) is 4.88 Å². The maximum absolute atomic E-state index is 3.47. The fourth-order valence-corrected chi connectivity index (χ4v) is 3.19. The molecule has 1 fully saturated rings. The van der Waals surface area contributed by atoms with E-state index in [1.807, 2.05) is 11.3 Å². The van der Waals surface area contributed by atoms with Crippen LogP contribution in [-0.2, 0) is 6.42 Å².